The Hall–Kier alpha value is -1.87. The summed E-state index contributed by atoms with van der Waals surface area (Å²) >= 11 is 0. The molecule has 1 unspecified atom stereocenters. The van der Waals surface area contributed by atoms with E-state index in [1.807, 2.05) is 31.2 Å². The highest BCUT2D eigenvalue weighted by Gasteiger charge is 2.11. The number of hydrogen-bond acceptors (Lipinski definition) is 2. The van der Waals surface area contributed by atoms with Crippen molar-refractivity contribution >= 4 is 0 Å². The van der Waals surface area contributed by atoms with Gasteiger partial charge in [-0.3, -0.25) is 0 Å². The zero-order valence-electron chi connectivity index (χ0n) is 12.1. The second-order valence-corrected chi connectivity index (χ2v) is 4.83. The summed E-state index contributed by atoms with van der Waals surface area (Å²) in [5, 5.41) is 3.37. The lowest BCUT2D eigenvalue weighted by Crippen LogP contribution is -2.18. The molecule has 0 saturated carbocycles. The Morgan fingerprint density at radius 1 is 1.15 bits per heavy atom. The first kappa shape index (κ1) is 14.5. The molecule has 106 valence electrons. The number of rotatable bonds is 5. The van der Waals surface area contributed by atoms with E-state index in [0.717, 1.165) is 23.4 Å². The summed E-state index contributed by atoms with van der Waals surface area (Å²) in [6.07, 6.45) is 0. The number of para-hydroxylation sites is 1. The summed E-state index contributed by atoms with van der Waals surface area (Å²) in [6, 6.07) is 12.7. The van der Waals surface area contributed by atoms with Crippen LogP contribution >= 0.6 is 0 Å². The molecule has 2 aromatic carbocycles. The molecular weight excluding hydrogens is 253 g/mol. The van der Waals surface area contributed by atoms with Gasteiger partial charge in [0.1, 0.15) is 17.3 Å². The van der Waals surface area contributed by atoms with Crippen molar-refractivity contribution in [1.82, 2.24) is 5.32 Å². The van der Waals surface area contributed by atoms with Crippen LogP contribution in [0.25, 0.3) is 0 Å². The summed E-state index contributed by atoms with van der Waals surface area (Å²) in [5.74, 6) is 1.24. The SMILES string of the molecule is CCNC(C)c1ccccc1Oc1ccc(F)cc1C. The number of benzene rings is 2. The molecule has 0 aliphatic carbocycles. The normalized spacial score (nSPS) is 12.2. The Labute approximate surface area is 119 Å². The van der Waals surface area contributed by atoms with E-state index < -0.39 is 0 Å². The smallest absolute Gasteiger partial charge is 0.132 e. The minimum atomic E-state index is -0.246. The zero-order chi connectivity index (χ0) is 14.5. The Kier molecular flexibility index (Phi) is 4.74. The molecule has 20 heavy (non-hydrogen) atoms. The van der Waals surface area contributed by atoms with Crippen LogP contribution in [0.1, 0.15) is 31.0 Å². The first-order chi connectivity index (χ1) is 9.61. The average Bonchev–Trinajstić information content (AvgIpc) is 2.43. The Morgan fingerprint density at radius 2 is 1.90 bits per heavy atom. The molecule has 0 bridgehead atoms. The summed E-state index contributed by atoms with van der Waals surface area (Å²) in [4.78, 5) is 0. The van der Waals surface area contributed by atoms with E-state index in [1.54, 1.807) is 6.07 Å². The van der Waals surface area contributed by atoms with E-state index in [0.29, 0.717) is 5.75 Å². The molecule has 0 heterocycles. The van der Waals surface area contributed by atoms with Crippen molar-refractivity contribution in [3.05, 3.63) is 59.4 Å². The number of nitrogens with one attached hydrogen (secondary N) is 1. The molecule has 2 rings (SSSR count). The van der Waals surface area contributed by atoms with Crippen LogP contribution in [-0.2, 0) is 0 Å². The van der Waals surface area contributed by atoms with E-state index >= 15 is 0 Å². The van der Waals surface area contributed by atoms with E-state index in [4.69, 9.17) is 4.74 Å². The van der Waals surface area contributed by atoms with Gasteiger partial charge in [0.05, 0.1) is 0 Å². The lowest BCUT2D eigenvalue weighted by atomic mass is 10.1. The van der Waals surface area contributed by atoms with Crippen LogP contribution in [0, 0.1) is 12.7 Å². The monoisotopic (exact) mass is 273 g/mol. The van der Waals surface area contributed by atoms with Crippen LogP contribution in [0.2, 0.25) is 0 Å². The summed E-state index contributed by atoms with van der Waals surface area (Å²) in [6.45, 7) is 6.91. The molecule has 1 N–H and O–H groups in total. The lowest BCUT2D eigenvalue weighted by molar-refractivity contribution is 0.458. The van der Waals surface area contributed by atoms with Crippen molar-refractivity contribution < 1.29 is 9.13 Å². The largest absolute Gasteiger partial charge is 0.457 e. The molecule has 2 aromatic rings. The second kappa shape index (κ2) is 6.53. The molecule has 0 amide bonds. The molecule has 1 atom stereocenters. The van der Waals surface area contributed by atoms with Crippen molar-refractivity contribution in [1.29, 1.82) is 0 Å². The fourth-order valence-electron chi connectivity index (χ4n) is 2.19. The minimum absolute atomic E-state index is 0.206. The molecule has 0 aromatic heterocycles. The van der Waals surface area contributed by atoms with Crippen LogP contribution in [0.15, 0.2) is 42.5 Å². The van der Waals surface area contributed by atoms with Crippen molar-refractivity contribution in [2.24, 2.45) is 0 Å². The number of aryl methyl sites for hydroxylation is 1. The van der Waals surface area contributed by atoms with Gasteiger partial charge in [0.2, 0.25) is 0 Å². The summed E-state index contributed by atoms with van der Waals surface area (Å²) in [7, 11) is 0. The van der Waals surface area contributed by atoms with E-state index in [9.17, 15) is 4.39 Å². The maximum atomic E-state index is 13.1. The van der Waals surface area contributed by atoms with Gasteiger partial charge in [-0.1, -0.05) is 25.1 Å². The molecule has 0 spiro atoms. The molecule has 0 saturated heterocycles. The predicted octanol–water partition coefficient (Wildman–Crippen LogP) is 4.60. The van der Waals surface area contributed by atoms with Crippen molar-refractivity contribution in [2.75, 3.05) is 6.54 Å². The molecule has 0 aliphatic rings. The van der Waals surface area contributed by atoms with Crippen molar-refractivity contribution in [2.45, 2.75) is 26.8 Å². The number of halogens is 1. The van der Waals surface area contributed by atoms with Crippen LogP contribution in [-0.4, -0.2) is 6.54 Å². The highest BCUT2D eigenvalue weighted by Crippen LogP contribution is 2.31. The first-order valence-electron chi connectivity index (χ1n) is 6.88. The first-order valence-corrected chi connectivity index (χ1v) is 6.88. The summed E-state index contributed by atoms with van der Waals surface area (Å²) in [5.41, 5.74) is 1.88. The van der Waals surface area contributed by atoms with Gasteiger partial charge >= 0.3 is 0 Å². The average molecular weight is 273 g/mol. The van der Waals surface area contributed by atoms with Gasteiger partial charge in [0.25, 0.3) is 0 Å². The topological polar surface area (TPSA) is 21.3 Å². The van der Waals surface area contributed by atoms with Gasteiger partial charge in [-0.15, -0.1) is 0 Å². The quantitative estimate of drug-likeness (QED) is 0.859. The van der Waals surface area contributed by atoms with Crippen LogP contribution in [0.4, 0.5) is 4.39 Å². The van der Waals surface area contributed by atoms with Crippen LogP contribution in [0.3, 0.4) is 0 Å². The van der Waals surface area contributed by atoms with E-state index in [-0.39, 0.29) is 11.9 Å². The third-order valence-corrected chi connectivity index (χ3v) is 3.25. The Bertz CT molecular complexity index is 583. The Balaban J connectivity index is 2.29. The maximum absolute atomic E-state index is 13.1. The minimum Gasteiger partial charge on any atom is -0.457 e. The molecule has 0 aliphatic heterocycles. The molecule has 0 fully saturated rings. The molecule has 0 radical (unpaired) electrons. The molecule has 3 heteroatoms. The highest BCUT2D eigenvalue weighted by atomic mass is 19.1. The van der Waals surface area contributed by atoms with Crippen molar-refractivity contribution in [3.8, 4) is 11.5 Å². The Morgan fingerprint density at radius 3 is 2.60 bits per heavy atom. The van der Waals surface area contributed by atoms with Gasteiger partial charge < -0.3 is 10.1 Å². The summed E-state index contributed by atoms with van der Waals surface area (Å²) < 4.78 is 19.1. The fourth-order valence-corrected chi connectivity index (χ4v) is 2.19. The maximum Gasteiger partial charge on any atom is 0.132 e. The number of hydrogen-bond donors (Lipinski definition) is 1. The molecule has 2 nitrogen and oxygen atoms in total. The molecular formula is C17H20FNO. The third kappa shape index (κ3) is 3.36. The van der Waals surface area contributed by atoms with Gasteiger partial charge in [-0.25, -0.2) is 4.39 Å². The zero-order valence-corrected chi connectivity index (χ0v) is 12.1. The van der Waals surface area contributed by atoms with E-state index in [1.165, 1.54) is 12.1 Å². The van der Waals surface area contributed by atoms with Crippen LogP contribution in [0.5, 0.6) is 11.5 Å². The van der Waals surface area contributed by atoms with Gasteiger partial charge in [0.15, 0.2) is 0 Å². The highest BCUT2D eigenvalue weighted by molar-refractivity contribution is 5.42. The number of ether oxygens (including phenoxy) is 1. The van der Waals surface area contributed by atoms with E-state index in [2.05, 4.69) is 19.2 Å². The lowest BCUT2D eigenvalue weighted by Gasteiger charge is -2.18. The van der Waals surface area contributed by atoms with Crippen LogP contribution < -0.4 is 10.1 Å². The van der Waals surface area contributed by atoms with Gasteiger partial charge in [-0.05, 0) is 50.2 Å². The standard InChI is InChI=1S/C17H20FNO/c1-4-19-13(3)15-7-5-6-8-17(15)20-16-10-9-14(18)11-12(16)2/h5-11,13,19H,4H2,1-3H3. The fraction of sp³-hybridized carbons (Fsp3) is 0.294. The van der Waals surface area contributed by atoms with Gasteiger partial charge in [-0.2, -0.15) is 0 Å². The van der Waals surface area contributed by atoms with Gasteiger partial charge in [0, 0.05) is 11.6 Å². The third-order valence-electron chi connectivity index (χ3n) is 3.25. The second-order valence-electron chi connectivity index (χ2n) is 4.83. The van der Waals surface area contributed by atoms with Crippen molar-refractivity contribution in [3.63, 3.8) is 0 Å². The predicted molar refractivity (Wildman–Crippen MR) is 79.7 cm³/mol.